The molecule has 2 heteroatoms. The van der Waals surface area contributed by atoms with Gasteiger partial charge in [-0.3, -0.25) is 4.79 Å². The summed E-state index contributed by atoms with van der Waals surface area (Å²) in [6.45, 7) is 18.4. The monoisotopic (exact) mass is 259 g/mol. The van der Waals surface area contributed by atoms with Crippen molar-refractivity contribution in [2.45, 2.75) is 81.1 Å². The van der Waals surface area contributed by atoms with E-state index in [0.717, 1.165) is 19.0 Å². The Balaban J connectivity index is -0.000000274. The quantitative estimate of drug-likeness (QED) is 0.639. The lowest BCUT2D eigenvalue weighted by Gasteiger charge is -2.29. The fraction of sp³-hybridized carbons (Fsp3) is 0.938. The van der Waals surface area contributed by atoms with Crippen LogP contribution in [0.25, 0.3) is 0 Å². The van der Waals surface area contributed by atoms with E-state index in [0.29, 0.717) is 12.3 Å². The zero-order chi connectivity index (χ0) is 15.0. The minimum absolute atomic E-state index is 0.317. The number of likely N-dealkylation sites (tertiary alicyclic amines) is 1. The lowest BCUT2D eigenvalue weighted by Crippen LogP contribution is -2.37. The van der Waals surface area contributed by atoms with Crippen LogP contribution in [0.5, 0.6) is 0 Å². The summed E-state index contributed by atoms with van der Waals surface area (Å²) < 4.78 is 0. The van der Waals surface area contributed by atoms with Gasteiger partial charge in [-0.1, -0.05) is 61.8 Å². The molecule has 1 amide bonds. The first-order valence-electron chi connectivity index (χ1n) is 7.93. The number of hydrogen-bond donors (Lipinski definition) is 0. The van der Waals surface area contributed by atoms with E-state index in [1.165, 1.54) is 19.3 Å². The third kappa shape index (κ3) is 13.5. The number of hydrogen-bond acceptors (Lipinski definition) is 1. The average Bonchev–Trinajstić information content (AvgIpc) is 2.44. The van der Waals surface area contributed by atoms with Gasteiger partial charge in [0, 0.05) is 19.5 Å². The number of nitrogens with zero attached hydrogens (tertiary/aromatic N) is 1. The molecular formula is C16H37NO. The number of carbonyl (C=O) groups is 1. The van der Waals surface area contributed by atoms with Gasteiger partial charge in [0.15, 0.2) is 0 Å². The number of carbonyl (C=O) groups excluding carboxylic acids is 1. The van der Waals surface area contributed by atoms with Crippen LogP contribution in [-0.4, -0.2) is 23.9 Å². The van der Waals surface area contributed by atoms with Crippen LogP contribution in [-0.2, 0) is 4.79 Å². The van der Waals surface area contributed by atoms with E-state index >= 15 is 0 Å². The van der Waals surface area contributed by atoms with Crippen molar-refractivity contribution in [2.24, 2.45) is 5.92 Å². The first-order chi connectivity index (χ1) is 8.65. The normalized spacial score (nSPS) is 14.1. The molecule has 112 valence electrons. The maximum absolute atomic E-state index is 11.2. The van der Waals surface area contributed by atoms with Crippen molar-refractivity contribution in [3.63, 3.8) is 0 Å². The molecular weight excluding hydrogens is 222 g/mol. The Morgan fingerprint density at radius 3 is 1.61 bits per heavy atom. The van der Waals surface area contributed by atoms with Crippen LogP contribution in [0.15, 0.2) is 0 Å². The van der Waals surface area contributed by atoms with Gasteiger partial charge < -0.3 is 4.90 Å². The van der Waals surface area contributed by atoms with E-state index in [4.69, 9.17) is 0 Å². The van der Waals surface area contributed by atoms with Crippen LogP contribution in [0.3, 0.4) is 0 Å². The van der Waals surface area contributed by atoms with E-state index in [1.54, 1.807) is 0 Å². The summed E-state index contributed by atoms with van der Waals surface area (Å²) in [5.41, 5.74) is 0. The van der Waals surface area contributed by atoms with Crippen LogP contribution >= 0.6 is 0 Å². The van der Waals surface area contributed by atoms with Crippen LogP contribution in [0.1, 0.15) is 81.1 Å². The molecule has 1 heterocycles. The topological polar surface area (TPSA) is 20.3 Å². The van der Waals surface area contributed by atoms with Gasteiger partial charge in [-0.25, -0.2) is 0 Å². The maximum atomic E-state index is 11.2. The van der Waals surface area contributed by atoms with Crippen molar-refractivity contribution in [1.29, 1.82) is 0 Å². The van der Waals surface area contributed by atoms with Gasteiger partial charge in [0.05, 0.1) is 0 Å². The maximum Gasteiger partial charge on any atom is 0.222 e. The molecule has 0 aliphatic carbocycles. The summed E-state index contributed by atoms with van der Waals surface area (Å²) >= 11 is 0. The third-order valence-electron chi connectivity index (χ3n) is 2.44. The van der Waals surface area contributed by atoms with Gasteiger partial charge >= 0.3 is 0 Å². The molecule has 0 aromatic heterocycles. The van der Waals surface area contributed by atoms with Crippen molar-refractivity contribution >= 4 is 5.91 Å². The molecule has 1 saturated heterocycles. The fourth-order valence-corrected chi connectivity index (χ4v) is 1.48. The molecule has 0 unspecified atom stereocenters. The standard InChI is InChI=1S/C9H17NO.C3H8.2C2H6/c1-3-9(11)10-6-4-8(2)5-7-10;1-3-2;2*1-2/h8H,3-7H2,1-2H3;3H2,1-2H3;2*1-2H3. The fourth-order valence-electron chi connectivity index (χ4n) is 1.48. The van der Waals surface area contributed by atoms with Gasteiger partial charge in [0.1, 0.15) is 0 Å². The molecule has 1 aliphatic rings. The lowest BCUT2D eigenvalue weighted by molar-refractivity contribution is -0.132. The molecule has 0 aromatic rings. The Morgan fingerprint density at radius 2 is 1.33 bits per heavy atom. The van der Waals surface area contributed by atoms with Crippen molar-refractivity contribution in [3.05, 3.63) is 0 Å². The van der Waals surface area contributed by atoms with Crippen molar-refractivity contribution in [1.82, 2.24) is 4.90 Å². The Hall–Kier alpha value is -0.530. The highest BCUT2D eigenvalue weighted by Crippen LogP contribution is 2.16. The average molecular weight is 259 g/mol. The van der Waals surface area contributed by atoms with E-state index in [9.17, 15) is 4.79 Å². The number of piperidine rings is 1. The van der Waals surface area contributed by atoms with E-state index < -0.39 is 0 Å². The molecule has 0 atom stereocenters. The Kier molecular flexibility index (Phi) is 23.7. The first-order valence-corrected chi connectivity index (χ1v) is 7.93. The molecule has 18 heavy (non-hydrogen) atoms. The third-order valence-corrected chi connectivity index (χ3v) is 2.44. The summed E-state index contributed by atoms with van der Waals surface area (Å²) in [7, 11) is 0. The molecule has 0 spiro atoms. The predicted octanol–water partition coefficient (Wildman–Crippen LogP) is 5.12. The molecule has 0 N–H and O–H groups in total. The summed E-state index contributed by atoms with van der Waals surface area (Å²) in [4.78, 5) is 13.2. The molecule has 0 aromatic carbocycles. The van der Waals surface area contributed by atoms with Crippen LogP contribution in [0, 0.1) is 5.92 Å². The molecule has 0 radical (unpaired) electrons. The van der Waals surface area contributed by atoms with Gasteiger partial charge in [-0.05, 0) is 18.8 Å². The van der Waals surface area contributed by atoms with Gasteiger partial charge in [0.25, 0.3) is 0 Å². The lowest BCUT2D eigenvalue weighted by atomic mass is 9.99. The highest BCUT2D eigenvalue weighted by molar-refractivity contribution is 5.75. The second-order valence-corrected chi connectivity index (χ2v) is 4.12. The van der Waals surface area contributed by atoms with Gasteiger partial charge in [0.2, 0.25) is 5.91 Å². The number of amides is 1. The summed E-state index contributed by atoms with van der Waals surface area (Å²) in [6, 6.07) is 0. The molecule has 1 fully saturated rings. The van der Waals surface area contributed by atoms with Gasteiger partial charge in [-0.2, -0.15) is 0 Å². The Morgan fingerprint density at radius 1 is 1.00 bits per heavy atom. The minimum Gasteiger partial charge on any atom is -0.343 e. The number of rotatable bonds is 1. The summed E-state index contributed by atoms with van der Waals surface area (Å²) in [5, 5.41) is 0. The second kappa shape index (κ2) is 18.8. The van der Waals surface area contributed by atoms with Crippen molar-refractivity contribution in [3.8, 4) is 0 Å². The Labute approximate surface area is 116 Å². The van der Waals surface area contributed by atoms with Crippen molar-refractivity contribution in [2.75, 3.05) is 13.1 Å². The highest BCUT2D eigenvalue weighted by Gasteiger charge is 2.18. The smallest absolute Gasteiger partial charge is 0.222 e. The molecule has 0 bridgehead atoms. The molecule has 2 nitrogen and oxygen atoms in total. The second-order valence-electron chi connectivity index (χ2n) is 4.12. The zero-order valence-electron chi connectivity index (χ0n) is 14.2. The largest absolute Gasteiger partial charge is 0.343 e. The predicted molar refractivity (Wildman–Crippen MR) is 83.9 cm³/mol. The minimum atomic E-state index is 0.317. The van der Waals surface area contributed by atoms with E-state index in [1.807, 2.05) is 39.5 Å². The van der Waals surface area contributed by atoms with Crippen LogP contribution in [0.2, 0.25) is 0 Å². The highest BCUT2D eigenvalue weighted by atomic mass is 16.2. The van der Waals surface area contributed by atoms with Crippen LogP contribution < -0.4 is 0 Å². The summed E-state index contributed by atoms with van der Waals surface area (Å²) in [5.74, 6) is 1.13. The summed E-state index contributed by atoms with van der Waals surface area (Å²) in [6.07, 6.45) is 4.28. The van der Waals surface area contributed by atoms with Crippen LogP contribution in [0.4, 0.5) is 0 Å². The first kappa shape index (κ1) is 22.6. The van der Waals surface area contributed by atoms with E-state index in [2.05, 4.69) is 20.8 Å². The van der Waals surface area contributed by atoms with Gasteiger partial charge in [-0.15, -0.1) is 0 Å². The molecule has 0 saturated carbocycles. The molecule has 1 rings (SSSR count). The SMILES string of the molecule is CC.CC.CCC.CCC(=O)N1CCC(C)CC1. The van der Waals surface area contributed by atoms with E-state index in [-0.39, 0.29) is 0 Å². The Bertz CT molecular complexity index is 149. The zero-order valence-corrected chi connectivity index (χ0v) is 14.2. The van der Waals surface area contributed by atoms with Crippen molar-refractivity contribution < 1.29 is 4.79 Å². The molecule has 1 aliphatic heterocycles.